The van der Waals surface area contributed by atoms with Crippen molar-refractivity contribution in [1.29, 1.82) is 0 Å². The highest BCUT2D eigenvalue weighted by molar-refractivity contribution is 7.99. The Morgan fingerprint density at radius 1 is 0.978 bits per heavy atom. The lowest BCUT2D eigenvalue weighted by Gasteiger charge is -2.26. The average Bonchev–Trinajstić information content (AvgIpc) is 3.44. The molecule has 1 amide bonds. The largest absolute Gasteiger partial charge is 0.469 e. The molecule has 0 spiro atoms. The van der Waals surface area contributed by atoms with Gasteiger partial charge in [0.15, 0.2) is 0 Å². The molecule has 5 rings (SSSR count). The molecule has 0 unspecified atom stereocenters. The third-order valence-electron chi connectivity index (χ3n) is 7.39. The Labute approximate surface area is 273 Å². The molecule has 0 fully saturated rings. The summed E-state index contributed by atoms with van der Waals surface area (Å²) in [6.45, 7) is 0.232. The van der Waals surface area contributed by atoms with Crippen LogP contribution in [0, 0.1) is 0 Å². The summed E-state index contributed by atoms with van der Waals surface area (Å²) in [6, 6.07) is 21.4. The Hall–Kier alpha value is -4.00. The minimum Gasteiger partial charge on any atom is -0.469 e. The minimum absolute atomic E-state index is 0.0976. The van der Waals surface area contributed by atoms with E-state index in [2.05, 4.69) is 10.1 Å². The van der Waals surface area contributed by atoms with Crippen LogP contribution in [0.2, 0.25) is 5.02 Å². The van der Waals surface area contributed by atoms with Gasteiger partial charge in [0, 0.05) is 23.6 Å². The second kappa shape index (κ2) is 13.8. The van der Waals surface area contributed by atoms with E-state index in [-0.39, 0.29) is 30.3 Å². The van der Waals surface area contributed by atoms with Gasteiger partial charge in [-0.15, -0.1) is 11.8 Å². The number of carbonyl (C=O) groups excluding carboxylic acids is 2. The van der Waals surface area contributed by atoms with E-state index >= 15 is 0 Å². The molecule has 1 aliphatic heterocycles. The number of anilines is 1. The molecule has 7 nitrogen and oxygen atoms in total. The number of amides is 1. The lowest BCUT2D eigenvalue weighted by atomic mass is 10.0. The van der Waals surface area contributed by atoms with Gasteiger partial charge in [0.1, 0.15) is 6.04 Å². The predicted molar refractivity (Wildman–Crippen MR) is 171 cm³/mol. The summed E-state index contributed by atoms with van der Waals surface area (Å²) in [5.74, 6) is -0.400. The van der Waals surface area contributed by atoms with Gasteiger partial charge >= 0.3 is 12.1 Å². The van der Waals surface area contributed by atoms with Gasteiger partial charge in [-0.05, 0) is 64.7 Å². The number of sulfonamides is 1. The molecular formula is C33H28ClF3N2O5S2. The topological polar surface area (TPSA) is 92.8 Å². The Morgan fingerprint density at radius 2 is 1.72 bits per heavy atom. The number of fused-ring (bicyclic) bond motifs is 1. The highest BCUT2D eigenvalue weighted by atomic mass is 35.5. The Morgan fingerprint density at radius 3 is 2.41 bits per heavy atom. The first-order valence-electron chi connectivity index (χ1n) is 14.0. The van der Waals surface area contributed by atoms with Crippen LogP contribution in [0.15, 0.2) is 101 Å². The maximum atomic E-state index is 14.0. The van der Waals surface area contributed by atoms with Crippen molar-refractivity contribution in [2.45, 2.75) is 34.9 Å². The van der Waals surface area contributed by atoms with Gasteiger partial charge in [0.2, 0.25) is 5.91 Å². The van der Waals surface area contributed by atoms with E-state index in [0.717, 1.165) is 21.3 Å². The molecule has 4 aromatic rings. The fourth-order valence-corrected chi connectivity index (χ4v) is 7.93. The molecule has 0 saturated carbocycles. The highest BCUT2D eigenvalue weighted by Crippen LogP contribution is 2.38. The number of hydrogen-bond acceptors (Lipinski definition) is 6. The lowest BCUT2D eigenvalue weighted by Crippen LogP contribution is -2.48. The van der Waals surface area contributed by atoms with Crippen LogP contribution >= 0.6 is 23.4 Å². The van der Waals surface area contributed by atoms with Crippen LogP contribution in [0.1, 0.15) is 16.7 Å². The van der Waals surface area contributed by atoms with Crippen molar-refractivity contribution in [2.75, 3.05) is 23.7 Å². The molecule has 1 aliphatic rings. The first-order valence-corrected chi connectivity index (χ1v) is 16.8. The number of rotatable bonds is 10. The van der Waals surface area contributed by atoms with E-state index in [9.17, 15) is 31.2 Å². The number of methoxy groups -OCH3 is 1. The first-order chi connectivity index (χ1) is 21.9. The molecule has 1 heterocycles. The van der Waals surface area contributed by atoms with Crippen molar-refractivity contribution in [3.63, 3.8) is 0 Å². The molecule has 1 atom stereocenters. The molecule has 0 saturated heterocycles. The summed E-state index contributed by atoms with van der Waals surface area (Å²) >= 11 is 7.77. The van der Waals surface area contributed by atoms with Gasteiger partial charge in [0.05, 0.1) is 34.7 Å². The van der Waals surface area contributed by atoms with Crippen molar-refractivity contribution in [1.82, 2.24) is 5.32 Å². The van der Waals surface area contributed by atoms with Crippen LogP contribution in [-0.2, 0) is 43.4 Å². The summed E-state index contributed by atoms with van der Waals surface area (Å²) in [4.78, 5) is 25.6. The quantitative estimate of drug-likeness (QED) is 0.112. The Balaban J connectivity index is 1.29. The van der Waals surface area contributed by atoms with Crippen LogP contribution in [0.5, 0.6) is 0 Å². The average molecular weight is 689 g/mol. The van der Waals surface area contributed by atoms with Crippen LogP contribution in [0.4, 0.5) is 18.9 Å². The number of carbonyl (C=O) groups is 2. The van der Waals surface area contributed by atoms with Gasteiger partial charge in [-0.25, -0.2) is 8.42 Å². The van der Waals surface area contributed by atoms with Gasteiger partial charge in [-0.2, -0.15) is 13.2 Å². The molecule has 0 aromatic heterocycles. The third-order valence-corrected chi connectivity index (χ3v) is 10.7. The first kappa shape index (κ1) is 33.4. The summed E-state index contributed by atoms with van der Waals surface area (Å²) in [6.07, 6.45) is -4.24. The number of alkyl halides is 3. The number of esters is 1. The number of hydrogen-bond donors (Lipinski definition) is 1. The second-order valence-electron chi connectivity index (χ2n) is 10.4. The van der Waals surface area contributed by atoms with E-state index in [1.165, 1.54) is 55.3 Å². The zero-order valence-corrected chi connectivity index (χ0v) is 26.8. The number of nitrogens with one attached hydrogen (secondary N) is 1. The van der Waals surface area contributed by atoms with Crippen molar-refractivity contribution in [3.05, 3.63) is 113 Å². The van der Waals surface area contributed by atoms with Crippen LogP contribution in [0.3, 0.4) is 0 Å². The van der Waals surface area contributed by atoms with Crippen LogP contribution in [-0.4, -0.2) is 45.7 Å². The van der Waals surface area contributed by atoms with Crippen molar-refractivity contribution >= 4 is 50.9 Å². The fourth-order valence-electron chi connectivity index (χ4n) is 5.12. The summed E-state index contributed by atoms with van der Waals surface area (Å²) < 4.78 is 73.3. The normalized spacial score (nSPS) is 14.5. The van der Waals surface area contributed by atoms with Crippen LogP contribution < -0.4 is 9.62 Å². The molecule has 46 heavy (non-hydrogen) atoms. The summed E-state index contributed by atoms with van der Waals surface area (Å²) in [7, 11) is -2.92. The van der Waals surface area contributed by atoms with E-state index in [4.69, 9.17) is 11.6 Å². The number of nitrogens with zero attached hydrogens (tertiary/aromatic N) is 1. The highest BCUT2D eigenvalue weighted by Gasteiger charge is 2.42. The standard InChI is InChI=1S/C33H28ClF3N2O5S2/c1-44-31(40)18-21-9-14-30(27(34)17-21)45-16-15-38-32(41)29-20-24-5-2-3-8-28(24)39(29)46(42,43)26-12-10-22(11-13-26)23-6-4-7-25(19-23)33(35,36)37/h2-14,17,19,29H,15-16,18,20H2,1H3,(H,38,41)/t29-/m0/s1. The molecule has 0 bridgehead atoms. The van der Waals surface area contributed by atoms with Gasteiger partial charge in [0.25, 0.3) is 10.0 Å². The molecule has 1 N–H and O–H groups in total. The number of halogens is 4. The number of para-hydroxylation sites is 1. The van der Waals surface area contributed by atoms with Crippen molar-refractivity contribution in [3.8, 4) is 11.1 Å². The predicted octanol–water partition coefficient (Wildman–Crippen LogP) is 6.77. The molecular weight excluding hydrogens is 661 g/mol. The van der Waals surface area contributed by atoms with Gasteiger partial charge in [-0.1, -0.05) is 60.1 Å². The molecule has 4 aromatic carbocycles. The maximum Gasteiger partial charge on any atom is 0.416 e. The molecule has 0 radical (unpaired) electrons. The lowest BCUT2D eigenvalue weighted by molar-refractivity contribution is -0.140. The van der Waals surface area contributed by atoms with E-state index in [0.29, 0.717) is 38.7 Å². The van der Waals surface area contributed by atoms with E-state index < -0.39 is 33.7 Å². The molecule has 240 valence electrons. The Kier molecular flexibility index (Phi) is 9.99. The Bertz CT molecular complexity index is 1870. The minimum atomic E-state index is -4.51. The second-order valence-corrected chi connectivity index (χ2v) is 13.8. The third kappa shape index (κ3) is 7.35. The van der Waals surface area contributed by atoms with Crippen molar-refractivity contribution in [2.24, 2.45) is 0 Å². The smallest absolute Gasteiger partial charge is 0.416 e. The zero-order valence-electron chi connectivity index (χ0n) is 24.4. The number of benzene rings is 4. The summed E-state index contributed by atoms with van der Waals surface area (Å²) in [5.41, 5.74) is 1.69. The fraction of sp³-hybridized carbons (Fsp3) is 0.212. The zero-order chi connectivity index (χ0) is 33.1. The maximum absolute atomic E-state index is 14.0. The van der Waals surface area contributed by atoms with Crippen LogP contribution in [0.25, 0.3) is 11.1 Å². The van der Waals surface area contributed by atoms with Gasteiger partial charge in [-0.3, -0.25) is 13.9 Å². The number of ether oxygens (including phenoxy) is 1. The molecule has 0 aliphatic carbocycles. The number of thioether (sulfide) groups is 1. The van der Waals surface area contributed by atoms with Crippen molar-refractivity contribution < 1.29 is 35.9 Å². The van der Waals surface area contributed by atoms with E-state index in [1.807, 2.05) is 0 Å². The molecule has 13 heteroatoms. The van der Waals surface area contributed by atoms with E-state index in [1.54, 1.807) is 42.5 Å². The monoisotopic (exact) mass is 688 g/mol. The SMILES string of the molecule is COC(=O)Cc1ccc(SCCNC(=O)[C@@H]2Cc3ccccc3N2S(=O)(=O)c2ccc(-c3cccc(C(F)(F)F)c3)cc2)c(Cl)c1. The van der Waals surface area contributed by atoms with Gasteiger partial charge < -0.3 is 10.1 Å². The summed E-state index contributed by atoms with van der Waals surface area (Å²) in [5, 5.41) is 3.29.